The van der Waals surface area contributed by atoms with Crippen LogP contribution < -0.4 is 0 Å². The van der Waals surface area contributed by atoms with Crippen LogP contribution >= 0.6 is 0 Å². The highest BCUT2D eigenvalue weighted by molar-refractivity contribution is 5.76. The Morgan fingerprint density at radius 3 is 2.67 bits per heavy atom. The van der Waals surface area contributed by atoms with Crippen molar-refractivity contribution >= 4 is 5.91 Å². The zero-order valence-corrected chi connectivity index (χ0v) is 8.21. The van der Waals surface area contributed by atoms with E-state index < -0.39 is 0 Å². The summed E-state index contributed by atoms with van der Waals surface area (Å²) in [7, 11) is 4.15. The molecule has 0 aromatic heterocycles. The quantitative estimate of drug-likeness (QED) is 0.604. The maximum atomic E-state index is 11.3. The van der Waals surface area contributed by atoms with Crippen molar-refractivity contribution in [2.45, 2.75) is 25.8 Å². The van der Waals surface area contributed by atoms with E-state index in [1.807, 2.05) is 11.8 Å². The van der Waals surface area contributed by atoms with Gasteiger partial charge in [-0.3, -0.25) is 4.79 Å². The number of likely N-dealkylation sites (tertiary alicyclic amines) is 1. The van der Waals surface area contributed by atoms with Gasteiger partial charge in [0.25, 0.3) is 0 Å². The molecule has 0 saturated carbocycles. The van der Waals surface area contributed by atoms with Gasteiger partial charge in [0, 0.05) is 25.6 Å². The fourth-order valence-corrected chi connectivity index (χ4v) is 1.61. The topological polar surface area (TPSA) is 23.6 Å². The number of carbonyl (C=O) groups is 1. The van der Waals surface area contributed by atoms with Crippen molar-refractivity contribution in [2.75, 3.05) is 27.2 Å². The molecule has 1 aliphatic heterocycles. The largest absolute Gasteiger partial charge is 0.341 e. The summed E-state index contributed by atoms with van der Waals surface area (Å²) in [5.74, 6) is 0.291. The third kappa shape index (κ3) is 1.97. The molecule has 0 N–H and O–H groups in total. The summed E-state index contributed by atoms with van der Waals surface area (Å²) >= 11 is 0. The Morgan fingerprint density at radius 1 is 1.58 bits per heavy atom. The van der Waals surface area contributed by atoms with Crippen molar-refractivity contribution in [3.05, 3.63) is 0 Å². The lowest BCUT2D eigenvalue weighted by atomic mass is 10.2. The van der Waals surface area contributed by atoms with E-state index in [1.165, 1.54) is 0 Å². The number of rotatable bonds is 2. The van der Waals surface area contributed by atoms with Crippen molar-refractivity contribution in [2.24, 2.45) is 0 Å². The van der Waals surface area contributed by atoms with Gasteiger partial charge in [0.15, 0.2) is 0 Å². The van der Waals surface area contributed by atoms with Gasteiger partial charge in [0.2, 0.25) is 5.91 Å². The molecule has 1 fully saturated rings. The molecule has 12 heavy (non-hydrogen) atoms. The van der Waals surface area contributed by atoms with E-state index >= 15 is 0 Å². The molecule has 0 aliphatic carbocycles. The van der Waals surface area contributed by atoms with Crippen LogP contribution in [0, 0.1) is 0 Å². The first-order valence-electron chi connectivity index (χ1n) is 4.59. The van der Waals surface area contributed by atoms with Crippen molar-refractivity contribution < 1.29 is 4.79 Å². The summed E-state index contributed by atoms with van der Waals surface area (Å²) in [6, 6.07) is 0.570. The molecule has 0 bridgehead atoms. The number of nitrogens with zero attached hydrogens (tertiary/aromatic N) is 2. The number of carbonyl (C=O) groups excluding carboxylic acids is 1. The highest BCUT2D eigenvalue weighted by Gasteiger charge is 2.25. The molecule has 1 atom stereocenters. The number of likely N-dealkylation sites (N-methyl/N-ethyl adjacent to an activating group) is 1. The van der Waals surface area contributed by atoms with Crippen LogP contribution in [-0.2, 0) is 4.79 Å². The third-order valence-corrected chi connectivity index (χ3v) is 2.55. The minimum absolute atomic E-state index is 0.291. The van der Waals surface area contributed by atoms with E-state index in [0.29, 0.717) is 18.4 Å². The van der Waals surface area contributed by atoms with E-state index in [9.17, 15) is 4.79 Å². The van der Waals surface area contributed by atoms with Crippen molar-refractivity contribution in [1.82, 2.24) is 9.80 Å². The average Bonchev–Trinajstić information content (AvgIpc) is 2.51. The van der Waals surface area contributed by atoms with Crippen LogP contribution in [-0.4, -0.2) is 48.9 Å². The molecule has 1 amide bonds. The number of hydrogen-bond donors (Lipinski definition) is 0. The Bertz CT molecular complexity index is 168. The molecule has 1 rings (SSSR count). The minimum Gasteiger partial charge on any atom is -0.341 e. The van der Waals surface area contributed by atoms with Crippen LogP contribution in [0.25, 0.3) is 0 Å². The Morgan fingerprint density at radius 2 is 2.25 bits per heavy atom. The number of amides is 1. The molecule has 0 spiro atoms. The standard InChI is InChI=1S/C9H18N2O/c1-4-9(12)11-6-5-8(7-11)10(2)3/h8H,4-7H2,1-3H3. The van der Waals surface area contributed by atoms with Crippen molar-refractivity contribution in [3.63, 3.8) is 0 Å². The van der Waals surface area contributed by atoms with E-state index in [2.05, 4.69) is 19.0 Å². The Kier molecular flexibility index (Phi) is 3.09. The third-order valence-electron chi connectivity index (χ3n) is 2.55. The zero-order chi connectivity index (χ0) is 9.14. The lowest BCUT2D eigenvalue weighted by Crippen LogP contribution is -2.34. The van der Waals surface area contributed by atoms with E-state index in [0.717, 1.165) is 19.5 Å². The van der Waals surface area contributed by atoms with Crippen LogP contribution in [0.2, 0.25) is 0 Å². The predicted octanol–water partition coefficient (Wildman–Crippen LogP) is 0.559. The lowest BCUT2D eigenvalue weighted by Gasteiger charge is -2.19. The Hall–Kier alpha value is -0.570. The highest BCUT2D eigenvalue weighted by atomic mass is 16.2. The van der Waals surface area contributed by atoms with Crippen LogP contribution in [0.4, 0.5) is 0 Å². The van der Waals surface area contributed by atoms with Gasteiger partial charge in [0.1, 0.15) is 0 Å². The first-order valence-corrected chi connectivity index (χ1v) is 4.59. The van der Waals surface area contributed by atoms with Crippen LogP contribution in [0.1, 0.15) is 19.8 Å². The lowest BCUT2D eigenvalue weighted by molar-refractivity contribution is -0.129. The molecular formula is C9H18N2O. The summed E-state index contributed by atoms with van der Waals surface area (Å²) < 4.78 is 0. The predicted molar refractivity (Wildman–Crippen MR) is 49.0 cm³/mol. The summed E-state index contributed by atoms with van der Waals surface area (Å²) in [6.45, 7) is 3.78. The smallest absolute Gasteiger partial charge is 0.222 e. The fourth-order valence-electron chi connectivity index (χ4n) is 1.61. The summed E-state index contributed by atoms with van der Waals surface area (Å²) in [5, 5.41) is 0. The van der Waals surface area contributed by atoms with Gasteiger partial charge in [-0.15, -0.1) is 0 Å². The van der Waals surface area contributed by atoms with Crippen LogP contribution in [0.5, 0.6) is 0 Å². The molecule has 1 unspecified atom stereocenters. The van der Waals surface area contributed by atoms with Crippen LogP contribution in [0.3, 0.4) is 0 Å². The molecule has 0 aromatic carbocycles. The molecular weight excluding hydrogens is 152 g/mol. The molecule has 1 saturated heterocycles. The fraction of sp³-hybridized carbons (Fsp3) is 0.889. The van der Waals surface area contributed by atoms with Gasteiger partial charge >= 0.3 is 0 Å². The molecule has 3 heteroatoms. The number of hydrogen-bond acceptors (Lipinski definition) is 2. The summed E-state index contributed by atoms with van der Waals surface area (Å²) in [5.41, 5.74) is 0. The van der Waals surface area contributed by atoms with E-state index in [4.69, 9.17) is 0 Å². The molecule has 0 radical (unpaired) electrons. The van der Waals surface area contributed by atoms with Gasteiger partial charge in [-0.2, -0.15) is 0 Å². The summed E-state index contributed by atoms with van der Waals surface area (Å²) in [4.78, 5) is 15.4. The van der Waals surface area contributed by atoms with Crippen molar-refractivity contribution in [1.29, 1.82) is 0 Å². The highest BCUT2D eigenvalue weighted by Crippen LogP contribution is 2.13. The Balaban J connectivity index is 2.40. The van der Waals surface area contributed by atoms with Crippen molar-refractivity contribution in [3.8, 4) is 0 Å². The van der Waals surface area contributed by atoms with E-state index in [-0.39, 0.29) is 0 Å². The minimum atomic E-state index is 0.291. The van der Waals surface area contributed by atoms with Gasteiger partial charge in [-0.05, 0) is 20.5 Å². The first kappa shape index (κ1) is 9.52. The van der Waals surface area contributed by atoms with Gasteiger partial charge < -0.3 is 9.80 Å². The zero-order valence-electron chi connectivity index (χ0n) is 8.21. The Labute approximate surface area is 74.3 Å². The maximum absolute atomic E-state index is 11.3. The molecule has 0 aromatic rings. The average molecular weight is 170 g/mol. The normalized spacial score (nSPS) is 23.7. The second-order valence-electron chi connectivity index (χ2n) is 3.60. The SMILES string of the molecule is CCC(=O)N1CCC(N(C)C)C1. The summed E-state index contributed by atoms with van der Waals surface area (Å²) in [6.07, 6.45) is 1.76. The maximum Gasteiger partial charge on any atom is 0.222 e. The van der Waals surface area contributed by atoms with Gasteiger partial charge in [-0.25, -0.2) is 0 Å². The molecule has 1 heterocycles. The van der Waals surface area contributed by atoms with Gasteiger partial charge in [-0.1, -0.05) is 6.92 Å². The molecule has 1 aliphatic rings. The van der Waals surface area contributed by atoms with Gasteiger partial charge in [0.05, 0.1) is 0 Å². The van der Waals surface area contributed by atoms with E-state index in [1.54, 1.807) is 0 Å². The molecule has 70 valence electrons. The van der Waals surface area contributed by atoms with Crippen LogP contribution in [0.15, 0.2) is 0 Å². The second kappa shape index (κ2) is 3.90. The molecule has 3 nitrogen and oxygen atoms in total. The second-order valence-corrected chi connectivity index (χ2v) is 3.60. The first-order chi connectivity index (χ1) is 5.65. The monoisotopic (exact) mass is 170 g/mol.